The van der Waals surface area contributed by atoms with Gasteiger partial charge in [0.1, 0.15) is 5.75 Å². The van der Waals surface area contributed by atoms with Crippen molar-refractivity contribution < 1.29 is 4.74 Å². The maximum atomic E-state index is 12.9. The number of benzene rings is 2. The van der Waals surface area contributed by atoms with Gasteiger partial charge in [0, 0.05) is 61.6 Å². The van der Waals surface area contributed by atoms with Crippen molar-refractivity contribution in [2.24, 2.45) is 0 Å². The van der Waals surface area contributed by atoms with E-state index in [1.807, 2.05) is 42.5 Å². The van der Waals surface area contributed by atoms with Crippen LogP contribution in [0.3, 0.4) is 0 Å². The summed E-state index contributed by atoms with van der Waals surface area (Å²) in [5, 5.41) is 3.33. The molecule has 5 aromatic rings. The number of hydrogen-bond acceptors (Lipinski definition) is 9. The molecule has 0 bridgehead atoms. The molecular weight excluding hydrogens is 498 g/mol. The summed E-state index contributed by atoms with van der Waals surface area (Å²) in [4.78, 5) is 32.8. The highest BCUT2D eigenvalue weighted by atomic mass is 32.1. The summed E-state index contributed by atoms with van der Waals surface area (Å²) in [6, 6.07) is 19.3. The molecule has 0 atom stereocenters. The number of thiazole rings is 1. The Morgan fingerprint density at radius 3 is 2.53 bits per heavy atom. The maximum absolute atomic E-state index is 12.9. The van der Waals surface area contributed by atoms with Crippen molar-refractivity contribution in [2.45, 2.75) is 0 Å². The van der Waals surface area contributed by atoms with Crippen molar-refractivity contribution in [3.8, 4) is 27.6 Å². The number of hydrogen-bond donors (Lipinski definition) is 1. The number of aromatic nitrogens is 4. The van der Waals surface area contributed by atoms with Crippen LogP contribution in [0.25, 0.3) is 26.8 Å². The minimum atomic E-state index is -0.150. The van der Waals surface area contributed by atoms with E-state index in [-0.39, 0.29) is 5.56 Å². The Morgan fingerprint density at radius 1 is 0.947 bits per heavy atom. The third kappa shape index (κ3) is 4.71. The predicted molar refractivity (Wildman–Crippen MR) is 152 cm³/mol. The third-order valence-electron chi connectivity index (χ3n) is 6.67. The lowest BCUT2D eigenvalue weighted by molar-refractivity contribution is 0.313. The van der Waals surface area contributed by atoms with Crippen LogP contribution in [0.15, 0.2) is 77.9 Å². The van der Waals surface area contributed by atoms with Crippen molar-refractivity contribution in [2.75, 3.05) is 50.6 Å². The molecule has 0 spiro atoms. The predicted octanol–water partition coefficient (Wildman–Crippen LogP) is 4.38. The Labute approximate surface area is 224 Å². The van der Waals surface area contributed by atoms with Gasteiger partial charge in [0.25, 0.3) is 5.56 Å². The molecule has 1 aliphatic heterocycles. The van der Waals surface area contributed by atoms with Gasteiger partial charge in [-0.15, -0.1) is 0 Å². The molecule has 0 aliphatic carbocycles. The fraction of sp³-hybridized carbons (Fsp3) is 0.214. The Balaban J connectivity index is 1.34. The van der Waals surface area contributed by atoms with Crippen LogP contribution in [0.5, 0.6) is 5.75 Å². The molecule has 10 heteroatoms. The zero-order valence-electron chi connectivity index (χ0n) is 21.2. The van der Waals surface area contributed by atoms with Crippen molar-refractivity contribution >= 4 is 33.6 Å². The summed E-state index contributed by atoms with van der Waals surface area (Å²) in [6.07, 6.45) is 3.26. The third-order valence-corrected chi connectivity index (χ3v) is 7.75. The van der Waals surface area contributed by atoms with Gasteiger partial charge in [-0.1, -0.05) is 23.5 Å². The number of fused-ring (bicyclic) bond motifs is 1. The second kappa shape index (κ2) is 10.2. The molecule has 3 aromatic heterocycles. The van der Waals surface area contributed by atoms with Crippen molar-refractivity contribution in [3.63, 3.8) is 0 Å². The van der Waals surface area contributed by atoms with Gasteiger partial charge in [-0.05, 0) is 49.5 Å². The number of likely N-dealkylation sites (N-methyl/N-ethyl adjacent to an activating group) is 1. The van der Waals surface area contributed by atoms with Gasteiger partial charge in [-0.2, -0.15) is 0 Å². The van der Waals surface area contributed by atoms with E-state index >= 15 is 0 Å². The first kappa shape index (κ1) is 24.1. The van der Waals surface area contributed by atoms with Crippen LogP contribution in [-0.2, 0) is 0 Å². The van der Waals surface area contributed by atoms with E-state index in [0.29, 0.717) is 22.4 Å². The lowest BCUT2D eigenvalue weighted by atomic mass is 10.1. The number of methoxy groups -OCH3 is 1. The Morgan fingerprint density at radius 2 is 1.74 bits per heavy atom. The average molecular weight is 526 g/mol. The molecule has 1 saturated heterocycles. The van der Waals surface area contributed by atoms with Crippen LogP contribution >= 0.6 is 11.3 Å². The smallest absolute Gasteiger partial charge is 0.258 e. The molecule has 1 N–H and O–H groups in total. The molecule has 2 aromatic carbocycles. The van der Waals surface area contributed by atoms with Gasteiger partial charge in [0.05, 0.1) is 23.4 Å². The molecule has 0 unspecified atom stereocenters. The first-order valence-corrected chi connectivity index (χ1v) is 13.2. The maximum Gasteiger partial charge on any atom is 0.258 e. The van der Waals surface area contributed by atoms with Crippen molar-refractivity contribution in [3.05, 3.63) is 83.4 Å². The molecule has 0 amide bonds. The van der Waals surface area contributed by atoms with Gasteiger partial charge in [0.15, 0.2) is 4.96 Å². The Hall–Kier alpha value is -4.28. The highest BCUT2D eigenvalue weighted by Crippen LogP contribution is 2.38. The Kier molecular flexibility index (Phi) is 6.48. The molecule has 38 heavy (non-hydrogen) atoms. The van der Waals surface area contributed by atoms with Gasteiger partial charge in [0.2, 0.25) is 5.95 Å². The SMILES string of the molecule is COc1cccc(-c2c(-c3ccnc(Nc4ccc(N5CCN(C)CC5)cc4)n3)sc3nccc(=O)n23)c1. The minimum Gasteiger partial charge on any atom is -0.497 e. The quantitative estimate of drug-likeness (QED) is 0.349. The molecule has 6 rings (SSSR count). The lowest BCUT2D eigenvalue weighted by Gasteiger charge is -2.34. The number of piperazine rings is 1. The number of rotatable bonds is 6. The van der Waals surface area contributed by atoms with E-state index in [2.05, 4.69) is 44.3 Å². The summed E-state index contributed by atoms with van der Waals surface area (Å²) in [7, 11) is 3.78. The fourth-order valence-corrected chi connectivity index (χ4v) is 5.70. The van der Waals surface area contributed by atoms with E-state index in [1.54, 1.807) is 17.7 Å². The summed E-state index contributed by atoms with van der Waals surface area (Å²) in [6.45, 7) is 4.18. The second-order valence-electron chi connectivity index (χ2n) is 9.14. The molecular formula is C28H27N7O2S. The normalized spacial score (nSPS) is 14.1. The van der Waals surface area contributed by atoms with Crippen LogP contribution in [0, 0.1) is 0 Å². The van der Waals surface area contributed by atoms with Gasteiger partial charge >= 0.3 is 0 Å². The van der Waals surface area contributed by atoms with Crippen molar-refractivity contribution in [1.82, 2.24) is 24.3 Å². The molecule has 192 valence electrons. The lowest BCUT2D eigenvalue weighted by Crippen LogP contribution is -2.44. The molecule has 9 nitrogen and oxygen atoms in total. The first-order chi connectivity index (χ1) is 18.6. The second-order valence-corrected chi connectivity index (χ2v) is 10.1. The number of ether oxygens (including phenoxy) is 1. The van der Waals surface area contributed by atoms with Crippen molar-refractivity contribution in [1.29, 1.82) is 0 Å². The molecule has 0 saturated carbocycles. The van der Waals surface area contributed by atoms with Crippen LogP contribution < -0.4 is 20.5 Å². The number of anilines is 3. The van der Waals surface area contributed by atoms with Crippen LogP contribution in [0.2, 0.25) is 0 Å². The minimum absolute atomic E-state index is 0.150. The van der Waals surface area contributed by atoms with E-state index in [1.165, 1.54) is 29.3 Å². The van der Waals surface area contributed by atoms with E-state index < -0.39 is 0 Å². The van der Waals surface area contributed by atoms with Crippen LogP contribution in [-0.4, -0.2) is 64.6 Å². The molecule has 1 aliphatic rings. The molecule has 0 radical (unpaired) electrons. The highest BCUT2D eigenvalue weighted by molar-refractivity contribution is 7.20. The zero-order chi connectivity index (χ0) is 26.1. The highest BCUT2D eigenvalue weighted by Gasteiger charge is 2.20. The van der Waals surface area contributed by atoms with Gasteiger partial charge in [-0.3, -0.25) is 9.20 Å². The zero-order valence-corrected chi connectivity index (χ0v) is 22.0. The van der Waals surface area contributed by atoms with Gasteiger partial charge in [-0.25, -0.2) is 15.0 Å². The summed E-state index contributed by atoms with van der Waals surface area (Å²) >= 11 is 1.42. The van der Waals surface area contributed by atoms with E-state index in [9.17, 15) is 4.79 Å². The van der Waals surface area contributed by atoms with E-state index in [4.69, 9.17) is 9.72 Å². The van der Waals surface area contributed by atoms with Crippen LogP contribution in [0.1, 0.15) is 0 Å². The topological polar surface area (TPSA) is 87.9 Å². The first-order valence-electron chi connectivity index (χ1n) is 12.4. The van der Waals surface area contributed by atoms with Gasteiger partial charge < -0.3 is 19.9 Å². The molecule has 4 heterocycles. The van der Waals surface area contributed by atoms with E-state index in [0.717, 1.165) is 48.0 Å². The van der Waals surface area contributed by atoms with Crippen LogP contribution in [0.4, 0.5) is 17.3 Å². The number of nitrogens with one attached hydrogen (secondary N) is 1. The Bertz CT molecular complexity index is 1640. The summed E-state index contributed by atoms with van der Waals surface area (Å²) in [5.74, 6) is 1.18. The fourth-order valence-electron chi connectivity index (χ4n) is 4.61. The molecule has 1 fully saturated rings. The average Bonchev–Trinajstić information content (AvgIpc) is 3.35. The summed E-state index contributed by atoms with van der Waals surface area (Å²) in [5.41, 5.74) is 4.23. The largest absolute Gasteiger partial charge is 0.497 e. The number of nitrogens with zero attached hydrogens (tertiary/aromatic N) is 6. The monoisotopic (exact) mass is 525 g/mol. The standard InChI is InChI=1S/C28H27N7O2S/c1-33-14-16-34(17-15-33)21-8-6-20(7-9-21)31-27-29-12-10-23(32-27)26-25(19-4-3-5-22(18-19)37-2)35-24(36)11-13-30-28(35)38-26/h3-13,18H,14-17H2,1-2H3,(H,29,31,32). The summed E-state index contributed by atoms with van der Waals surface area (Å²) < 4.78 is 7.06.